The van der Waals surface area contributed by atoms with Crippen molar-refractivity contribution >= 4 is 33.4 Å². The van der Waals surface area contributed by atoms with Crippen molar-refractivity contribution in [2.75, 3.05) is 38.4 Å². The van der Waals surface area contributed by atoms with Gasteiger partial charge in [0, 0.05) is 23.6 Å². The molecule has 0 radical (unpaired) electrons. The zero-order chi connectivity index (χ0) is 20.9. The van der Waals surface area contributed by atoms with E-state index in [4.69, 9.17) is 14.2 Å². The number of sulfonamides is 1. The molecule has 0 saturated heterocycles. The molecule has 0 bridgehead atoms. The minimum atomic E-state index is -3.92. The molecule has 0 heterocycles. The molecular formula is C19H23NO6S2. The van der Waals surface area contributed by atoms with E-state index in [0.717, 1.165) is 9.20 Å². The molecule has 7 nitrogen and oxygen atoms in total. The molecule has 28 heavy (non-hydrogen) atoms. The van der Waals surface area contributed by atoms with E-state index in [1.54, 1.807) is 31.2 Å². The zero-order valence-electron chi connectivity index (χ0n) is 16.4. The monoisotopic (exact) mass is 425 g/mol. The van der Waals surface area contributed by atoms with Gasteiger partial charge in [0.1, 0.15) is 0 Å². The third-order valence-corrected chi connectivity index (χ3v) is 6.76. The Morgan fingerprint density at radius 2 is 1.61 bits per heavy atom. The third kappa shape index (κ3) is 4.20. The Bertz CT molecular complexity index is 942. The van der Waals surface area contributed by atoms with E-state index < -0.39 is 16.0 Å². The van der Waals surface area contributed by atoms with Crippen molar-refractivity contribution < 1.29 is 27.4 Å². The first-order valence-corrected chi connectivity index (χ1v) is 11.0. The molecule has 0 aliphatic heterocycles. The average molecular weight is 426 g/mol. The van der Waals surface area contributed by atoms with Gasteiger partial charge in [-0.05, 0) is 37.4 Å². The minimum absolute atomic E-state index is 0.0614. The maximum Gasteiger partial charge on any atom is 0.340 e. The van der Waals surface area contributed by atoms with Crippen LogP contribution in [0.3, 0.4) is 0 Å². The van der Waals surface area contributed by atoms with Crippen LogP contribution in [0.4, 0.5) is 5.69 Å². The number of hydrogen-bond donors (Lipinski definition) is 0. The molecule has 2 aromatic carbocycles. The van der Waals surface area contributed by atoms with Gasteiger partial charge in [0.15, 0.2) is 11.5 Å². The van der Waals surface area contributed by atoms with Crippen LogP contribution in [0, 0.1) is 0 Å². The van der Waals surface area contributed by atoms with E-state index in [1.807, 2.05) is 6.26 Å². The zero-order valence-corrected chi connectivity index (χ0v) is 18.0. The summed E-state index contributed by atoms with van der Waals surface area (Å²) in [6.45, 7) is 1.79. The summed E-state index contributed by atoms with van der Waals surface area (Å²) in [6.07, 6.45) is 1.91. The Morgan fingerprint density at radius 3 is 2.07 bits per heavy atom. The number of carbonyl (C=O) groups is 1. The molecule has 0 fully saturated rings. The Kier molecular flexibility index (Phi) is 7.20. The number of carbonyl (C=O) groups excluding carboxylic acids is 1. The Balaban J connectivity index is 2.68. The second kappa shape index (κ2) is 9.20. The Hall–Kier alpha value is -2.39. The lowest BCUT2D eigenvalue weighted by atomic mass is 10.1. The SMILES string of the molecule is CCN(c1cc(OC)c(OC)cc1C(=O)OC)S(=O)(=O)c1ccc(SC)cc1. The highest BCUT2D eigenvalue weighted by atomic mass is 32.2. The highest BCUT2D eigenvalue weighted by Crippen LogP contribution is 2.37. The number of hydrogen-bond acceptors (Lipinski definition) is 7. The van der Waals surface area contributed by atoms with Crippen molar-refractivity contribution in [1.29, 1.82) is 0 Å². The number of methoxy groups -OCH3 is 3. The molecule has 2 aromatic rings. The topological polar surface area (TPSA) is 82.1 Å². The fourth-order valence-corrected chi connectivity index (χ4v) is 4.59. The predicted octanol–water partition coefficient (Wildman–Crippen LogP) is 3.43. The van der Waals surface area contributed by atoms with Crippen molar-refractivity contribution in [1.82, 2.24) is 0 Å². The van der Waals surface area contributed by atoms with Gasteiger partial charge in [0.2, 0.25) is 0 Å². The molecule has 0 aliphatic carbocycles. The van der Waals surface area contributed by atoms with E-state index in [9.17, 15) is 13.2 Å². The van der Waals surface area contributed by atoms with Gasteiger partial charge in [-0.25, -0.2) is 13.2 Å². The fourth-order valence-electron chi connectivity index (χ4n) is 2.69. The molecule has 0 aliphatic rings. The number of nitrogens with zero attached hydrogens (tertiary/aromatic N) is 1. The fraction of sp³-hybridized carbons (Fsp3) is 0.316. The van der Waals surface area contributed by atoms with Crippen LogP contribution >= 0.6 is 11.8 Å². The standard InChI is InChI=1S/C19H23NO6S2/c1-6-20(28(22,23)14-9-7-13(27-5)8-10-14)16-12-18(25-3)17(24-2)11-15(16)19(21)26-4/h7-12H,6H2,1-5H3. The maximum absolute atomic E-state index is 13.3. The molecule has 0 saturated carbocycles. The summed E-state index contributed by atoms with van der Waals surface area (Å²) in [5.41, 5.74) is 0.215. The van der Waals surface area contributed by atoms with E-state index >= 15 is 0 Å². The van der Waals surface area contributed by atoms with Crippen LogP contribution in [-0.4, -0.2) is 48.5 Å². The summed E-state index contributed by atoms with van der Waals surface area (Å²) in [5.74, 6) is -0.0803. The molecule has 0 atom stereocenters. The normalized spacial score (nSPS) is 11.0. The molecule has 0 amide bonds. The molecular weight excluding hydrogens is 402 g/mol. The van der Waals surface area contributed by atoms with Crippen LogP contribution in [0.1, 0.15) is 17.3 Å². The molecule has 152 valence electrons. The maximum atomic E-state index is 13.3. The van der Waals surface area contributed by atoms with Crippen LogP contribution in [0.15, 0.2) is 46.2 Å². The summed E-state index contributed by atoms with van der Waals surface area (Å²) >= 11 is 1.52. The second-order valence-corrected chi connectivity index (χ2v) is 8.30. The molecule has 0 spiro atoms. The largest absolute Gasteiger partial charge is 0.493 e. The predicted molar refractivity (Wildman–Crippen MR) is 109 cm³/mol. The van der Waals surface area contributed by atoms with E-state index in [-0.39, 0.29) is 22.7 Å². The first kappa shape index (κ1) is 21.9. The van der Waals surface area contributed by atoms with Gasteiger partial charge in [-0.15, -0.1) is 11.8 Å². The van der Waals surface area contributed by atoms with E-state index in [1.165, 1.54) is 45.2 Å². The second-order valence-electron chi connectivity index (χ2n) is 5.56. The highest BCUT2D eigenvalue weighted by molar-refractivity contribution is 7.98. The minimum Gasteiger partial charge on any atom is -0.493 e. The quantitative estimate of drug-likeness (QED) is 0.473. The summed E-state index contributed by atoms with van der Waals surface area (Å²) in [6, 6.07) is 9.44. The van der Waals surface area contributed by atoms with Gasteiger partial charge < -0.3 is 14.2 Å². The lowest BCUT2D eigenvalue weighted by Crippen LogP contribution is -2.32. The van der Waals surface area contributed by atoms with E-state index in [2.05, 4.69) is 0 Å². The van der Waals surface area contributed by atoms with Gasteiger partial charge in [0.25, 0.3) is 10.0 Å². The van der Waals surface area contributed by atoms with Crippen molar-refractivity contribution in [2.45, 2.75) is 16.7 Å². The first-order chi connectivity index (χ1) is 13.3. The summed E-state index contributed by atoms with van der Waals surface area (Å²) < 4.78 is 43.1. The van der Waals surface area contributed by atoms with Gasteiger partial charge in [0.05, 0.1) is 37.5 Å². The number of thioether (sulfide) groups is 1. The van der Waals surface area contributed by atoms with Crippen molar-refractivity contribution in [3.63, 3.8) is 0 Å². The average Bonchev–Trinajstić information content (AvgIpc) is 2.72. The number of benzene rings is 2. The number of rotatable bonds is 8. The van der Waals surface area contributed by atoms with Crippen LogP contribution in [0.25, 0.3) is 0 Å². The first-order valence-electron chi connectivity index (χ1n) is 8.35. The summed E-state index contributed by atoms with van der Waals surface area (Å²) in [5, 5.41) is 0. The van der Waals surface area contributed by atoms with Crippen LogP contribution in [-0.2, 0) is 14.8 Å². The van der Waals surface area contributed by atoms with Crippen molar-refractivity contribution in [3.05, 3.63) is 42.0 Å². The van der Waals surface area contributed by atoms with Gasteiger partial charge in [-0.2, -0.15) is 0 Å². The lowest BCUT2D eigenvalue weighted by Gasteiger charge is -2.26. The van der Waals surface area contributed by atoms with E-state index in [0.29, 0.717) is 11.5 Å². The molecule has 2 rings (SSSR count). The van der Waals surface area contributed by atoms with Crippen LogP contribution < -0.4 is 13.8 Å². The summed E-state index contributed by atoms with van der Waals surface area (Å²) in [7, 11) is 0.180. The third-order valence-electron chi connectivity index (χ3n) is 4.11. The molecule has 0 unspecified atom stereocenters. The van der Waals surface area contributed by atoms with Crippen molar-refractivity contribution in [3.8, 4) is 11.5 Å². The van der Waals surface area contributed by atoms with Crippen LogP contribution in [0.5, 0.6) is 11.5 Å². The summed E-state index contributed by atoms with van der Waals surface area (Å²) in [4.78, 5) is 13.4. The smallest absolute Gasteiger partial charge is 0.340 e. The highest BCUT2D eigenvalue weighted by Gasteiger charge is 2.29. The number of ether oxygens (including phenoxy) is 3. The van der Waals surface area contributed by atoms with Gasteiger partial charge in [-0.1, -0.05) is 0 Å². The van der Waals surface area contributed by atoms with Gasteiger partial charge in [-0.3, -0.25) is 4.31 Å². The molecule has 0 aromatic heterocycles. The Morgan fingerprint density at radius 1 is 1.04 bits per heavy atom. The number of esters is 1. The van der Waals surface area contributed by atoms with Crippen molar-refractivity contribution in [2.24, 2.45) is 0 Å². The molecule has 9 heteroatoms. The number of anilines is 1. The molecule has 0 N–H and O–H groups in total. The lowest BCUT2D eigenvalue weighted by molar-refractivity contribution is 0.0601. The Labute approximate surface area is 169 Å². The van der Waals surface area contributed by atoms with Gasteiger partial charge >= 0.3 is 5.97 Å². The van der Waals surface area contributed by atoms with Crippen LogP contribution in [0.2, 0.25) is 0 Å².